The fraction of sp³-hybridized carbons (Fsp3) is 0.562. The second kappa shape index (κ2) is 8.22. The molecule has 2 rings (SSSR count). The quantitative estimate of drug-likeness (QED) is 0.561. The molecule has 0 amide bonds. The number of benzene rings is 1. The average molecular weight is 293 g/mol. The Morgan fingerprint density at radius 3 is 2.50 bits per heavy atom. The van der Waals surface area contributed by atoms with Crippen molar-refractivity contribution in [2.45, 2.75) is 32.1 Å². The van der Waals surface area contributed by atoms with E-state index in [1.54, 1.807) is 0 Å². The molecular formula is C16H23NO2S. The van der Waals surface area contributed by atoms with E-state index in [2.05, 4.69) is 0 Å². The number of thiocarbonyl (C=S) groups is 1. The zero-order valence-corrected chi connectivity index (χ0v) is 12.7. The van der Waals surface area contributed by atoms with E-state index in [1.165, 1.54) is 25.7 Å². The van der Waals surface area contributed by atoms with E-state index in [0.29, 0.717) is 24.6 Å². The van der Waals surface area contributed by atoms with Crippen molar-refractivity contribution in [1.29, 1.82) is 0 Å². The molecule has 0 aliphatic heterocycles. The van der Waals surface area contributed by atoms with E-state index >= 15 is 0 Å². The van der Waals surface area contributed by atoms with Crippen LogP contribution in [0.25, 0.3) is 0 Å². The SMILES string of the molecule is NC(=S)Cc1ccc(OCCOCCC2CCC2)cc1. The van der Waals surface area contributed by atoms with Crippen molar-refractivity contribution < 1.29 is 9.47 Å². The molecule has 1 aliphatic carbocycles. The van der Waals surface area contributed by atoms with Crippen molar-refractivity contribution in [2.24, 2.45) is 11.7 Å². The molecule has 1 aromatic carbocycles. The average Bonchev–Trinajstić information content (AvgIpc) is 2.37. The molecule has 0 unspecified atom stereocenters. The van der Waals surface area contributed by atoms with Crippen LogP contribution >= 0.6 is 12.2 Å². The third kappa shape index (κ3) is 5.47. The number of ether oxygens (including phenoxy) is 2. The molecule has 110 valence electrons. The normalized spacial score (nSPS) is 14.8. The predicted octanol–water partition coefficient (Wildman–Crippen LogP) is 3.10. The van der Waals surface area contributed by atoms with Crippen LogP contribution in [0.5, 0.6) is 5.75 Å². The lowest BCUT2D eigenvalue weighted by molar-refractivity contribution is 0.0812. The van der Waals surface area contributed by atoms with Crippen molar-refractivity contribution in [3.8, 4) is 5.75 Å². The summed E-state index contributed by atoms with van der Waals surface area (Å²) in [5, 5.41) is 0. The Hall–Kier alpha value is -1.13. The zero-order chi connectivity index (χ0) is 14.2. The van der Waals surface area contributed by atoms with Gasteiger partial charge in [-0.2, -0.15) is 0 Å². The van der Waals surface area contributed by atoms with Crippen LogP contribution in [-0.4, -0.2) is 24.8 Å². The second-order valence-electron chi connectivity index (χ2n) is 5.33. The first-order valence-corrected chi connectivity index (χ1v) is 7.72. The summed E-state index contributed by atoms with van der Waals surface area (Å²) in [7, 11) is 0. The first-order chi connectivity index (χ1) is 9.74. The molecule has 2 N–H and O–H groups in total. The number of hydrogen-bond acceptors (Lipinski definition) is 3. The Balaban J connectivity index is 1.55. The highest BCUT2D eigenvalue weighted by Gasteiger charge is 2.16. The lowest BCUT2D eigenvalue weighted by atomic mass is 9.83. The fourth-order valence-corrected chi connectivity index (χ4v) is 2.42. The summed E-state index contributed by atoms with van der Waals surface area (Å²) in [6, 6.07) is 7.88. The van der Waals surface area contributed by atoms with Gasteiger partial charge >= 0.3 is 0 Å². The van der Waals surface area contributed by atoms with Crippen molar-refractivity contribution in [2.75, 3.05) is 19.8 Å². The molecule has 1 aromatic rings. The van der Waals surface area contributed by atoms with Crippen molar-refractivity contribution in [3.05, 3.63) is 29.8 Å². The molecule has 0 aromatic heterocycles. The summed E-state index contributed by atoms with van der Waals surface area (Å²) >= 11 is 4.88. The Morgan fingerprint density at radius 1 is 1.15 bits per heavy atom. The Bertz CT molecular complexity index is 415. The van der Waals surface area contributed by atoms with Gasteiger partial charge in [0.2, 0.25) is 0 Å². The monoisotopic (exact) mass is 293 g/mol. The van der Waals surface area contributed by atoms with Gasteiger partial charge in [0.1, 0.15) is 12.4 Å². The maximum atomic E-state index is 5.62. The van der Waals surface area contributed by atoms with Crippen LogP contribution in [0.4, 0.5) is 0 Å². The minimum absolute atomic E-state index is 0.513. The third-order valence-corrected chi connectivity index (χ3v) is 3.84. The van der Waals surface area contributed by atoms with E-state index in [1.807, 2.05) is 24.3 Å². The van der Waals surface area contributed by atoms with Crippen LogP contribution < -0.4 is 10.5 Å². The van der Waals surface area contributed by atoms with Gasteiger partial charge in [-0.1, -0.05) is 43.6 Å². The highest BCUT2D eigenvalue weighted by atomic mass is 32.1. The zero-order valence-electron chi connectivity index (χ0n) is 11.8. The highest BCUT2D eigenvalue weighted by molar-refractivity contribution is 7.80. The van der Waals surface area contributed by atoms with Gasteiger partial charge in [-0.25, -0.2) is 0 Å². The van der Waals surface area contributed by atoms with Crippen LogP contribution in [0.1, 0.15) is 31.2 Å². The van der Waals surface area contributed by atoms with Gasteiger partial charge in [-0.3, -0.25) is 0 Å². The van der Waals surface area contributed by atoms with Crippen molar-refractivity contribution >= 4 is 17.2 Å². The second-order valence-corrected chi connectivity index (χ2v) is 5.86. The molecule has 1 aliphatic rings. The van der Waals surface area contributed by atoms with E-state index < -0.39 is 0 Å². The molecule has 20 heavy (non-hydrogen) atoms. The summed E-state index contributed by atoms with van der Waals surface area (Å²) in [5.74, 6) is 1.77. The van der Waals surface area contributed by atoms with Gasteiger partial charge in [0.15, 0.2) is 0 Å². The van der Waals surface area contributed by atoms with E-state index in [4.69, 9.17) is 27.4 Å². The van der Waals surface area contributed by atoms with Gasteiger partial charge in [-0.05, 0) is 30.0 Å². The Morgan fingerprint density at radius 2 is 1.90 bits per heavy atom. The smallest absolute Gasteiger partial charge is 0.119 e. The lowest BCUT2D eigenvalue weighted by Gasteiger charge is -2.24. The maximum absolute atomic E-state index is 5.62. The molecule has 3 nitrogen and oxygen atoms in total. The van der Waals surface area contributed by atoms with Crippen LogP contribution in [0, 0.1) is 5.92 Å². The van der Waals surface area contributed by atoms with Gasteiger partial charge in [0.25, 0.3) is 0 Å². The summed E-state index contributed by atoms with van der Waals surface area (Å²) in [4.78, 5) is 0.513. The lowest BCUT2D eigenvalue weighted by Crippen LogP contribution is -2.15. The minimum Gasteiger partial charge on any atom is -0.491 e. The summed E-state index contributed by atoms with van der Waals surface area (Å²) in [5.41, 5.74) is 6.62. The molecule has 0 atom stereocenters. The molecule has 0 bridgehead atoms. The number of nitrogens with two attached hydrogens (primary N) is 1. The molecule has 0 spiro atoms. The maximum Gasteiger partial charge on any atom is 0.119 e. The molecular weight excluding hydrogens is 270 g/mol. The number of rotatable bonds is 9. The summed E-state index contributed by atoms with van der Waals surface area (Å²) < 4.78 is 11.2. The van der Waals surface area contributed by atoms with E-state index in [0.717, 1.165) is 23.8 Å². The Labute approximate surface area is 126 Å². The van der Waals surface area contributed by atoms with Crippen LogP contribution in [0.3, 0.4) is 0 Å². The standard InChI is InChI=1S/C16H23NO2S/c17-16(20)12-14-4-6-15(7-5-14)19-11-10-18-9-8-13-2-1-3-13/h4-7,13H,1-3,8-12H2,(H2,17,20). The molecule has 0 saturated heterocycles. The van der Waals surface area contributed by atoms with Gasteiger partial charge in [-0.15, -0.1) is 0 Å². The fourth-order valence-electron chi connectivity index (χ4n) is 2.26. The molecule has 1 fully saturated rings. The highest BCUT2D eigenvalue weighted by Crippen LogP contribution is 2.29. The first-order valence-electron chi connectivity index (χ1n) is 7.32. The molecule has 0 heterocycles. The van der Waals surface area contributed by atoms with Crippen LogP contribution in [0.2, 0.25) is 0 Å². The summed E-state index contributed by atoms with van der Waals surface area (Å²) in [6.07, 6.45) is 6.02. The molecule has 0 radical (unpaired) electrons. The van der Waals surface area contributed by atoms with Crippen LogP contribution in [0.15, 0.2) is 24.3 Å². The minimum atomic E-state index is 0.513. The van der Waals surface area contributed by atoms with E-state index in [-0.39, 0.29) is 0 Å². The third-order valence-electron chi connectivity index (χ3n) is 3.69. The number of hydrogen-bond donors (Lipinski definition) is 1. The van der Waals surface area contributed by atoms with Gasteiger partial charge < -0.3 is 15.2 Å². The molecule has 1 saturated carbocycles. The topological polar surface area (TPSA) is 44.5 Å². The van der Waals surface area contributed by atoms with Gasteiger partial charge in [0, 0.05) is 13.0 Å². The van der Waals surface area contributed by atoms with Crippen molar-refractivity contribution in [1.82, 2.24) is 0 Å². The largest absolute Gasteiger partial charge is 0.491 e. The molecule has 4 heteroatoms. The van der Waals surface area contributed by atoms with E-state index in [9.17, 15) is 0 Å². The predicted molar refractivity (Wildman–Crippen MR) is 85.2 cm³/mol. The van der Waals surface area contributed by atoms with Crippen molar-refractivity contribution in [3.63, 3.8) is 0 Å². The summed E-state index contributed by atoms with van der Waals surface area (Å²) in [6.45, 7) is 2.11. The van der Waals surface area contributed by atoms with Crippen LogP contribution in [-0.2, 0) is 11.2 Å². The Kier molecular flexibility index (Phi) is 6.27. The first kappa shape index (κ1) is 15.3. The van der Waals surface area contributed by atoms with Gasteiger partial charge in [0.05, 0.1) is 11.6 Å².